The Bertz CT molecular complexity index is 1140. The van der Waals surface area contributed by atoms with Crippen molar-refractivity contribution >= 4 is 11.6 Å². The van der Waals surface area contributed by atoms with Crippen molar-refractivity contribution < 1.29 is 14.6 Å². The Morgan fingerprint density at radius 1 is 1.09 bits per heavy atom. The molecule has 1 fully saturated rings. The maximum absolute atomic E-state index is 12.4. The number of benzene rings is 3. The maximum atomic E-state index is 12.4. The van der Waals surface area contributed by atoms with Crippen molar-refractivity contribution in [3.05, 3.63) is 94.5 Å². The van der Waals surface area contributed by atoms with Gasteiger partial charge in [0.2, 0.25) is 0 Å². The molecule has 172 valence electrons. The second kappa shape index (κ2) is 8.33. The number of hydrogen-bond acceptors (Lipinski definition) is 5. The third kappa shape index (κ3) is 3.42. The predicted molar refractivity (Wildman–Crippen MR) is 130 cm³/mol. The zero-order chi connectivity index (χ0) is 23.2. The summed E-state index contributed by atoms with van der Waals surface area (Å²) in [5.74, 6) is 1.16. The molecule has 3 N–H and O–H groups in total. The minimum Gasteiger partial charge on any atom is -0.492 e. The lowest BCUT2D eigenvalue weighted by Crippen LogP contribution is -2.54. The Morgan fingerprint density at radius 3 is 2.52 bits per heavy atom. The number of hydrogen-bond donors (Lipinski definition) is 2. The Hall–Kier alpha value is -2.57. The van der Waals surface area contributed by atoms with Crippen molar-refractivity contribution in [3.63, 3.8) is 0 Å². The van der Waals surface area contributed by atoms with Gasteiger partial charge in [-0.2, -0.15) is 0 Å². The first-order valence-corrected chi connectivity index (χ1v) is 11.6. The number of likely N-dealkylation sites (N-methyl/N-ethyl adjacent to an activating group) is 1. The molecule has 33 heavy (non-hydrogen) atoms. The molecule has 0 bridgehead atoms. The fourth-order valence-electron chi connectivity index (χ4n) is 5.43. The SMILES string of the molecule is CN(C)CCOc1ccc2c(c1)O[C@@]1(c3ccc(Cl)cc3)[C@H](c3ccccc3)C[C@@H](N)[C@@]21O. The Kier molecular flexibility index (Phi) is 5.61. The van der Waals surface area contributed by atoms with Crippen LogP contribution < -0.4 is 15.2 Å². The van der Waals surface area contributed by atoms with Crippen molar-refractivity contribution in [3.8, 4) is 11.5 Å². The van der Waals surface area contributed by atoms with Crippen LogP contribution in [-0.4, -0.2) is 43.3 Å². The summed E-state index contributed by atoms with van der Waals surface area (Å²) in [6.45, 7) is 1.36. The molecule has 0 aromatic heterocycles. The number of nitrogens with two attached hydrogens (primary N) is 1. The van der Waals surface area contributed by atoms with Crippen LogP contribution in [-0.2, 0) is 11.2 Å². The maximum Gasteiger partial charge on any atom is 0.175 e. The van der Waals surface area contributed by atoms with Crippen molar-refractivity contribution in [2.24, 2.45) is 5.73 Å². The molecule has 6 heteroatoms. The van der Waals surface area contributed by atoms with E-state index in [0.717, 1.165) is 17.7 Å². The second-order valence-corrected chi connectivity index (χ2v) is 9.66. The van der Waals surface area contributed by atoms with E-state index in [4.69, 9.17) is 26.8 Å². The van der Waals surface area contributed by atoms with Crippen molar-refractivity contribution in [1.29, 1.82) is 0 Å². The molecule has 0 spiro atoms. The second-order valence-electron chi connectivity index (χ2n) is 9.23. The smallest absolute Gasteiger partial charge is 0.175 e. The molecule has 0 saturated heterocycles. The van der Waals surface area contributed by atoms with Gasteiger partial charge in [0.1, 0.15) is 18.1 Å². The van der Waals surface area contributed by atoms with Gasteiger partial charge in [-0.05, 0) is 55.9 Å². The summed E-state index contributed by atoms with van der Waals surface area (Å²) in [7, 11) is 4.01. The van der Waals surface area contributed by atoms with Crippen LogP contribution in [0.4, 0.5) is 0 Å². The summed E-state index contributed by atoms with van der Waals surface area (Å²) in [4.78, 5) is 2.07. The van der Waals surface area contributed by atoms with Crippen LogP contribution in [0.25, 0.3) is 0 Å². The van der Waals surface area contributed by atoms with Gasteiger partial charge in [-0.25, -0.2) is 0 Å². The standard InChI is InChI=1S/C27H29ClN2O3/c1-30(2)14-15-32-21-12-13-22-24(16-21)33-27(19-8-10-20(28)11-9-19)23(17-25(29)26(22,27)31)18-6-4-3-5-7-18/h3-13,16,23,25,31H,14-15,17,29H2,1-2H3/t23-,25+,26-,27-/m0/s1. The van der Waals surface area contributed by atoms with E-state index in [1.165, 1.54) is 0 Å². The van der Waals surface area contributed by atoms with Crippen molar-refractivity contribution in [2.75, 3.05) is 27.2 Å². The van der Waals surface area contributed by atoms with Gasteiger partial charge in [0, 0.05) is 35.2 Å². The molecule has 3 aromatic rings. The zero-order valence-electron chi connectivity index (χ0n) is 18.9. The summed E-state index contributed by atoms with van der Waals surface area (Å²) in [6, 6.07) is 22.8. The summed E-state index contributed by atoms with van der Waals surface area (Å²) in [6.07, 6.45) is 0.587. The highest BCUT2D eigenvalue weighted by Crippen LogP contribution is 2.66. The summed E-state index contributed by atoms with van der Waals surface area (Å²) < 4.78 is 12.7. The Balaban J connectivity index is 1.63. The lowest BCUT2D eigenvalue weighted by molar-refractivity contribution is -0.112. The van der Waals surface area contributed by atoms with Gasteiger partial charge in [0.25, 0.3) is 0 Å². The predicted octanol–water partition coefficient (Wildman–Crippen LogP) is 4.27. The lowest BCUT2D eigenvalue weighted by atomic mass is 9.71. The molecule has 2 aliphatic rings. The van der Waals surface area contributed by atoms with Crippen LogP contribution in [0.15, 0.2) is 72.8 Å². The first-order chi connectivity index (χ1) is 15.9. The van der Waals surface area contributed by atoms with E-state index >= 15 is 0 Å². The van der Waals surface area contributed by atoms with E-state index in [1.807, 2.05) is 74.8 Å². The van der Waals surface area contributed by atoms with Crippen molar-refractivity contribution in [2.45, 2.75) is 29.6 Å². The molecule has 0 amide bonds. The molecule has 5 nitrogen and oxygen atoms in total. The number of ether oxygens (including phenoxy) is 2. The van der Waals surface area contributed by atoms with Gasteiger partial charge in [-0.1, -0.05) is 54.1 Å². The molecule has 3 aromatic carbocycles. The van der Waals surface area contributed by atoms with E-state index in [2.05, 4.69) is 17.0 Å². The van der Waals surface area contributed by atoms with Gasteiger partial charge in [-0.15, -0.1) is 0 Å². The minimum atomic E-state index is -1.40. The normalized spacial score (nSPS) is 27.8. The third-order valence-corrected chi connectivity index (χ3v) is 7.25. The highest BCUT2D eigenvalue weighted by atomic mass is 35.5. The van der Waals surface area contributed by atoms with E-state index < -0.39 is 17.2 Å². The molecule has 0 unspecified atom stereocenters. The van der Waals surface area contributed by atoms with Gasteiger partial charge in [0.15, 0.2) is 11.2 Å². The highest BCUT2D eigenvalue weighted by molar-refractivity contribution is 6.30. The van der Waals surface area contributed by atoms with E-state index in [1.54, 1.807) is 0 Å². The topological polar surface area (TPSA) is 68.0 Å². The van der Waals surface area contributed by atoms with Gasteiger partial charge >= 0.3 is 0 Å². The Labute approximate surface area is 199 Å². The molecular formula is C27H29ClN2O3. The summed E-state index contributed by atoms with van der Waals surface area (Å²) in [5.41, 5.74) is 6.85. The first kappa shape index (κ1) is 22.2. The molecule has 4 atom stereocenters. The fourth-order valence-corrected chi connectivity index (χ4v) is 5.55. The zero-order valence-corrected chi connectivity index (χ0v) is 19.6. The molecular weight excluding hydrogens is 436 g/mol. The van der Waals surface area contributed by atoms with Gasteiger partial charge in [-0.3, -0.25) is 0 Å². The molecule has 0 radical (unpaired) electrons. The van der Waals surface area contributed by atoms with Gasteiger partial charge < -0.3 is 25.2 Å². The quantitative estimate of drug-likeness (QED) is 0.570. The van der Waals surface area contributed by atoms with E-state index in [9.17, 15) is 5.11 Å². The average molecular weight is 465 g/mol. The average Bonchev–Trinajstić information content (AvgIpc) is 3.20. The lowest BCUT2D eigenvalue weighted by Gasteiger charge is -2.41. The van der Waals surface area contributed by atoms with E-state index in [-0.39, 0.29) is 5.92 Å². The fraction of sp³-hybridized carbons (Fsp3) is 0.333. The monoisotopic (exact) mass is 464 g/mol. The van der Waals surface area contributed by atoms with Crippen LogP contribution in [0.3, 0.4) is 0 Å². The number of halogens is 1. The number of fused-ring (bicyclic) bond motifs is 3. The number of nitrogens with zero attached hydrogens (tertiary/aromatic N) is 1. The number of aliphatic hydroxyl groups is 1. The van der Waals surface area contributed by atoms with E-state index in [0.29, 0.717) is 35.1 Å². The molecule has 1 aliphatic heterocycles. The van der Waals surface area contributed by atoms with Crippen LogP contribution >= 0.6 is 11.6 Å². The van der Waals surface area contributed by atoms with Crippen molar-refractivity contribution in [1.82, 2.24) is 4.90 Å². The molecule has 1 heterocycles. The minimum absolute atomic E-state index is 0.148. The van der Waals surface area contributed by atoms with Crippen LogP contribution in [0.2, 0.25) is 5.02 Å². The summed E-state index contributed by atoms with van der Waals surface area (Å²) in [5, 5.41) is 13.0. The number of rotatable bonds is 6. The highest BCUT2D eigenvalue weighted by Gasteiger charge is 2.71. The summed E-state index contributed by atoms with van der Waals surface area (Å²) >= 11 is 6.21. The van der Waals surface area contributed by atoms with Crippen LogP contribution in [0.1, 0.15) is 29.0 Å². The van der Waals surface area contributed by atoms with Gasteiger partial charge in [0.05, 0.1) is 0 Å². The van der Waals surface area contributed by atoms with Crippen LogP contribution in [0, 0.1) is 0 Å². The Morgan fingerprint density at radius 2 is 1.82 bits per heavy atom. The first-order valence-electron chi connectivity index (χ1n) is 11.3. The van der Waals surface area contributed by atoms with Crippen LogP contribution in [0.5, 0.6) is 11.5 Å². The third-order valence-electron chi connectivity index (χ3n) is 7.00. The largest absolute Gasteiger partial charge is 0.492 e. The molecule has 1 aliphatic carbocycles. The molecule has 5 rings (SSSR count). The molecule has 1 saturated carbocycles.